The van der Waals surface area contributed by atoms with Crippen LogP contribution in [0.4, 0.5) is 0 Å². The van der Waals surface area contributed by atoms with Gasteiger partial charge in [-0.3, -0.25) is 9.59 Å². The van der Waals surface area contributed by atoms with Crippen molar-refractivity contribution in [1.29, 1.82) is 0 Å². The van der Waals surface area contributed by atoms with Gasteiger partial charge in [-0.1, -0.05) is 36.4 Å². The molecule has 1 aliphatic heterocycles. The Morgan fingerprint density at radius 1 is 1.14 bits per heavy atom. The topological polar surface area (TPSA) is 108 Å². The minimum atomic E-state index is -2.08. The van der Waals surface area contributed by atoms with Gasteiger partial charge in [-0.2, -0.15) is 0 Å². The van der Waals surface area contributed by atoms with Crippen molar-refractivity contribution in [1.82, 2.24) is 0 Å². The first-order valence-electron chi connectivity index (χ1n) is 11.5. The van der Waals surface area contributed by atoms with Crippen molar-refractivity contribution in [2.24, 2.45) is 0 Å². The molecule has 1 heterocycles. The summed E-state index contributed by atoms with van der Waals surface area (Å²) in [5, 5.41) is 8.93. The fourth-order valence-corrected chi connectivity index (χ4v) is 3.97. The van der Waals surface area contributed by atoms with E-state index in [4.69, 9.17) is 24.1 Å². The Kier molecular flexibility index (Phi) is 7.40. The average Bonchev–Trinajstić information content (AvgIpc) is 2.89. The molecule has 0 aromatic heterocycles. The van der Waals surface area contributed by atoms with E-state index >= 15 is 0 Å². The van der Waals surface area contributed by atoms with Crippen molar-refractivity contribution in [3.05, 3.63) is 107 Å². The van der Waals surface area contributed by atoms with E-state index < -0.39 is 23.1 Å². The molecule has 0 fully saturated rings. The van der Waals surface area contributed by atoms with Crippen molar-refractivity contribution in [2.45, 2.75) is 26.1 Å². The van der Waals surface area contributed by atoms with Gasteiger partial charge in [-0.25, -0.2) is 4.79 Å². The quantitative estimate of drug-likeness (QED) is 0.428. The Hall–Kier alpha value is -4.43. The predicted octanol–water partition coefficient (Wildman–Crippen LogP) is 3.92. The summed E-state index contributed by atoms with van der Waals surface area (Å²) < 4.78 is 22.2. The molecule has 190 valence electrons. The Morgan fingerprint density at radius 3 is 2.59 bits per heavy atom. The number of carbonyl (C=O) groups excluding carboxylic acids is 3. The second-order valence-corrected chi connectivity index (χ2v) is 8.59. The van der Waals surface area contributed by atoms with E-state index in [0.29, 0.717) is 29.3 Å². The van der Waals surface area contributed by atoms with Crippen molar-refractivity contribution >= 4 is 17.5 Å². The van der Waals surface area contributed by atoms with E-state index in [9.17, 15) is 14.4 Å². The number of methoxy groups -OCH3 is 1. The molecule has 4 rings (SSSR count). The highest BCUT2D eigenvalue weighted by atomic mass is 16.6. The summed E-state index contributed by atoms with van der Waals surface area (Å²) >= 11 is 0. The van der Waals surface area contributed by atoms with Gasteiger partial charge in [0.25, 0.3) is 0 Å². The molecule has 37 heavy (non-hydrogen) atoms. The maximum absolute atomic E-state index is 13.3. The number of Topliss-reactive ketones (excluding diaryl/α,β-unsaturated/α-hetero) is 1. The van der Waals surface area contributed by atoms with Gasteiger partial charge in [0.05, 0.1) is 19.3 Å². The minimum Gasteiger partial charge on any atom is -0.496 e. The molecule has 0 unspecified atom stereocenters. The van der Waals surface area contributed by atoms with E-state index in [0.717, 1.165) is 5.56 Å². The number of ether oxygens (including phenoxy) is 4. The van der Waals surface area contributed by atoms with Crippen LogP contribution in [0.25, 0.3) is 0 Å². The van der Waals surface area contributed by atoms with Crippen LogP contribution in [0, 0.1) is 6.92 Å². The lowest BCUT2D eigenvalue weighted by Crippen LogP contribution is -2.50. The van der Waals surface area contributed by atoms with E-state index in [1.54, 1.807) is 19.1 Å². The van der Waals surface area contributed by atoms with Crippen LogP contribution in [0.5, 0.6) is 11.5 Å². The Balaban J connectivity index is 1.57. The molecule has 0 amide bonds. The number of hydrogen-bond donors (Lipinski definition) is 1. The summed E-state index contributed by atoms with van der Waals surface area (Å²) in [6.45, 7) is 3.08. The zero-order valence-corrected chi connectivity index (χ0v) is 20.6. The molecule has 2 aromatic rings. The van der Waals surface area contributed by atoms with Crippen molar-refractivity contribution in [3.8, 4) is 11.5 Å². The molecule has 0 saturated carbocycles. The number of allylic oxidation sites excluding steroid dienone is 3. The van der Waals surface area contributed by atoms with Crippen LogP contribution < -0.4 is 9.47 Å². The summed E-state index contributed by atoms with van der Waals surface area (Å²) in [7, 11) is 1.40. The van der Waals surface area contributed by atoms with Crippen LogP contribution in [0.15, 0.2) is 89.9 Å². The molecule has 2 aliphatic rings. The van der Waals surface area contributed by atoms with Crippen LogP contribution in [-0.4, -0.2) is 42.0 Å². The van der Waals surface area contributed by atoms with E-state index in [1.165, 1.54) is 44.6 Å². The highest BCUT2D eigenvalue weighted by molar-refractivity contribution is 6.26. The number of aliphatic hydroxyl groups excluding tert-OH is 1. The number of rotatable bonds is 8. The van der Waals surface area contributed by atoms with Crippen LogP contribution in [-0.2, 0) is 25.7 Å². The molecular formula is C29H26O8. The second-order valence-electron chi connectivity index (χ2n) is 8.59. The van der Waals surface area contributed by atoms with Gasteiger partial charge in [0.2, 0.25) is 17.2 Å². The number of hydrogen-bond acceptors (Lipinski definition) is 8. The molecule has 1 N–H and O–H groups in total. The largest absolute Gasteiger partial charge is 0.496 e. The first kappa shape index (κ1) is 25.7. The molecular weight excluding hydrogens is 476 g/mol. The molecule has 0 bridgehead atoms. The number of carbonyl (C=O) groups is 3. The summed E-state index contributed by atoms with van der Waals surface area (Å²) in [4.78, 5) is 39.5. The van der Waals surface area contributed by atoms with Gasteiger partial charge in [0.1, 0.15) is 35.7 Å². The van der Waals surface area contributed by atoms with E-state index in [-0.39, 0.29) is 23.5 Å². The minimum absolute atomic E-state index is 0.0800. The van der Waals surface area contributed by atoms with Crippen LogP contribution in [0.1, 0.15) is 28.4 Å². The summed E-state index contributed by atoms with van der Waals surface area (Å²) in [6, 6.07) is 12.8. The predicted molar refractivity (Wildman–Crippen MR) is 134 cm³/mol. The first-order chi connectivity index (χ1) is 17.8. The summed E-state index contributed by atoms with van der Waals surface area (Å²) in [5.74, 6) is -1.25. The average molecular weight is 503 g/mol. The smallest absolute Gasteiger partial charge is 0.343 e. The third kappa shape index (κ3) is 5.24. The van der Waals surface area contributed by atoms with E-state index in [2.05, 4.69) is 0 Å². The number of aliphatic hydroxyl groups is 1. The lowest BCUT2D eigenvalue weighted by molar-refractivity contribution is -0.145. The third-order valence-electron chi connectivity index (χ3n) is 5.99. The molecule has 0 radical (unpaired) electrons. The van der Waals surface area contributed by atoms with Crippen LogP contribution in [0.2, 0.25) is 0 Å². The van der Waals surface area contributed by atoms with Crippen LogP contribution in [0.3, 0.4) is 0 Å². The van der Waals surface area contributed by atoms with Gasteiger partial charge in [0.15, 0.2) is 0 Å². The lowest BCUT2D eigenvalue weighted by atomic mass is 9.80. The molecule has 2 aromatic carbocycles. The van der Waals surface area contributed by atoms with Crippen molar-refractivity contribution in [2.75, 3.05) is 13.7 Å². The molecule has 0 saturated heterocycles. The third-order valence-corrected chi connectivity index (χ3v) is 5.99. The summed E-state index contributed by atoms with van der Waals surface area (Å²) in [6.07, 6.45) is 6.91. The second kappa shape index (κ2) is 10.7. The maximum atomic E-state index is 13.3. The fraction of sp³-hybridized carbons (Fsp3) is 0.207. The van der Waals surface area contributed by atoms with Gasteiger partial charge in [0, 0.05) is 6.07 Å². The number of fused-ring (bicyclic) bond motifs is 1. The van der Waals surface area contributed by atoms with E-state index in [1.807, 2.05) is 30.3 Å². The summed E-state index contributed by atoms with van der Waals surface area (Å²) in [5.41, 5.74) is -0.0972. The zero-order chi connectivity index (χ0) is 26.6. The SMILES string of the molecule is COc1cc(OCc2ccccc2)cc(C)c1C(=O)O[C@]1(C)C(=O)C=C2C=C(/C=C\CO)OC=C2C1=O. The Bertz CT molecular complexity index is 1360. The molecule has 8 heteroatoms. The van der Waals surface area contributed by atoms with Gasteiger partial charge in [-0.05, 0) is 54.8 Å². The van der Waals surface area contributed by atoms with Gasteiger partial charge < -0.3 is 24.1 Å². The number of esters is 1. The van der Waals surface area contributed by atoms with Gasteiger partial charge in [-0.15, -0.1) is 0 Å². The molecule has 0 spiro atoms. The Labute approximate surface area is 214 Å². The fourth-order valence-electron chi connectivity index (χ4n) is 3.97. The highest BCUT2D eigenvalue weighted by Crippen LogP contribution is 2.36. The normalized spacial score (nSPS) is 18.9. The number of ketones is 2. The monoisotopic (exact) mass is 502 g/mol. The number of benzene rings is 2. The molecule has 8 nitrogen and oxygen atoms in total. The van der Waals surface area contributed by atoms with Crippen molar-refractivity contribution < 1.29 is 38.4 Å². The zero-order valence-electron chi connectivity index (χ0n) is 20.6. The number of aryl methyl sites for hydroxylation is 1. The van der Waals surface area contributed by atoms with Crippen molar-refractivity contribution in [3.63, 3.8) is 0 Å². The highest BCUT2D eigenvalue weighted by Gasteiger charge is 2.50. The molecule has 1 atom stereocenters. The Morgan fingerprint density at radius 2 is 1.89 bits per heavy atom. The standard InChI is InChI=1S/C29H26O8/c1-18-12-22(35-16-19-8-5-4-6-9-19)15-24(34-3)26(18)28(33)37-29(2)25(31)14-20-13-21(10-7-11-30)36-17-23(20)27(29)32/h4-10,12-15,17,30H,11,16H2,1-3H3/b10-7-/t29-/m1/s1. The molecule has 1 aliphatic carbocycles. The van der Waals surface area contributed by atoms with Crippen LogP contribution >= 0.6 is 0 Å². The first-order valence-corrected chi connectivity index (χ1v) is 11.5. The maximum Gasteiger partial charge on any atom is 0.343 e. The van der Waals surface area contributed by atoms with Gasteiger partial charge >= 0.3 is 5.97 Å². The lowest BCUT2D eigenvalue weighted by Gasteiger charge is -2.31.